The van der Waals surface area contributed by atoms with E-state index in [9.17, 15) is 5.11 Å². The van der Waals surface area contributed by atoms with Crippen molar-refractivity contribution in [2.75, 3.05) is 0 Å². The van der Waals surface area contributed by atoms with Gasteiger partial charge >= 0.3 is 0 Å². The Labute approximate surface area is 103 Å². The highest BCUT2D eigenvalue weighted by Gasteiger charge is 2.12. The average Bonchev–Trinajstić information content (AvgIpc) is 2.30. The molecule has 0 atom stereocenters. The summed E-state index contributed by atoms with van der Waals surface area (Å²) in [4.78, 5) is 0. The van der Waals surface area contributed by atoms with E-state index in [0.29, 0.717) is 5.76 Å². The van der Waals surface area contributed by atoms with Crippen molar-refractivity contribution >= 4 is 11.6 Å². The maximum atomic E-state index is 9.62. The third kappa shape index (κ3) is 2.59. The van der Waals surface area contributed by atoms with E-state index in [1.54, 1.807) is 13.0 Å². The molecule has 0 aliphatic rings. The van der Waals surface area contributed by atoms with Gasteiger partial charge in [0, 0.05) is 0 Å². The maximum Gasteiger partial charge on any atom is 0.130 e. The molecule has 0 aliphatic carbocycles. The highest BCUT2D eigenvalue weighted by molar-refractivity contribution is 5.77. The van der Waals surface area contributed by atoms with Gasteiger partial charge in [-0.1, -0.05) is 25.3 Å². The number of benzene rings is 1. The van der Waals surface area contributed by atoms with E-state index < -0.39 is 0 Å². The molecule has 0 bridgehead atoms. The summed E-state index contributed by atoms with van der Waals surface area (Å²) in [6, 6.07) is 3.79. The summed E-state index contributed by atoms with van der Waals surface area (Å²) < 4.78 is 5.33. The van der Waals surface area contributed by atoms with Gasteiger partial charge in [-0.05, 0) is 49.1 Å². The Bertz CT molecular complexity index is 478. The van der Waals surface area contributed by atoms with Crippen LogP contribution in [0, 0.1) is 6.92 Å². The van der Waals surface area contributed by atoms with Crippen LogP contribution in [0.25, 0.3) is 11.6 Å². The van der Waals surface area contributed by atoms with Crippen molar-refractivity contribution in [2.45, 2.75) is 20.8 Å². The molecule has 0 amide bonds. The second kappa shape index (κ2) is 5.39. The first kappa shape index (κ1) is 13.1. The minimum atomic E-state index is 0.298. The summed E-state index contributed by atoms with van der Waals surface area (Å²) in [6.07, 6.45) is 3.16. The molecular weight excluding hydrogens is 212 g/mol. The SMILES string of the molecule is C=COc1ccc(C=C)c(/C(C)=C(\C)O)c1C. The second-order valence-corrected chi connectivity index (χ2v) is 3.85. The zero-order valence-corrected chi connectivity index (χ0v) is 10.6. The lowest BCUT2D eigenvalue weighted by atomic mass is 9.94. The van der Waals surface area contributed by atoms with Crippen LogP contribution in [0.1, 0.15) is 30.5 Å². The highest BCUT2D eigenvalue weighted by atomic mass is 16.5. The van der Waals surface area contributed by atoms with Crippen LogP contribution in [0.2, 0.25) is 0 Å². The van der Waals surface area contributed by atoms with Crippen molar-refractivity contribution in [3.05, 3.63) is 54.0 Å². The smallest absolute Gasteiger partial charge is 0.130 e. The standard InChI is InChI=1S/C15H18O2/c1-6-13-8-9-14(17-7-2)11(4)15(13)10(3)12(5)16/h6-9,16H,1-2H2,3-5H3/b12-10+. The number of rotatable bonds is 4. The van der Waals surface area contributed by atoms with Gasteiger partial charge < -0.3 is 9.84 Å². The van der Waals surface area contributed by atoms with Gasteiger partial charge in [0.2, 0.25) is 0 Å². The van der Waals surface area contributed by atoms with Crippen molar-refractivity contribution in [3.8, 4) is 5.75 Å². The molecule has 17 heavy (non-hydrogen) atoms. The van der Waals surface area contributed by atoms with Gasteiger partial charge in [0.25, 0.3) is 0 Å². The third-order valence-electron chi connectivity index (χ3n) is 2.80. The number of hydrogen-bond acceptors (Lipinski definition) is 2. The number of aliphatic hydroxyl groups is 1. The monoisotopic (exact) mass is 230 g/mol. The fraction of sp³-hybridized carbons (Fsp3) is 0.200. The van der Waals surface area contributed by atoms with E-state index in [4.69, 9.17) is 4.74 Å². The summed E-state index contributed by atoms with van der Waals surface area (Å²) in [5, 5.41) is 9.62. The van der Waals surface area contributed by atoms with Gasteiger partial charge in [0.1, 0.15) is 5.75 Å². The molecule has 0 spiro atoms. The van der Waals surface area contributed by atoms with Gasteiger partial charge in [0.15, 0.2) is 0 Å². The van der Waals surface area contributed by atoms with Gasteiger partial charge in [-0.2, -0.15) is 0 Å². The fourth-order valence-electron chi connectivity index (χ4n) is 1.78. The largest absolute Gasteiger partial charge is 0.512 e. The average molecular weight is 230 g/mol. The van der Waals surface area contributed by atoms with E-state index >= 15 is 0 Å². The zero-order valence-electron chi connectivity index (χ0n) is 10.6. The van der Waals surface area contributed by atoms with Crippen molar-refractivity contribution in [1.82, 2.24) is 0 Å². The summed E-state index contributed by atoms with van der Waals surface area (Å²) in [5.74, 6) is 1.04. The van der Waals surface area contributed by atoms with Gasteiger partial charge in [-0.15, -0.1) is 0 Å². The van der Waals surface area contributed by atoms with Crippen LogP contribution in [0.4, 0.5) is 0 Å². The first-order chi connectivity index (χ1) is 8.02. The minimum Gasteiger partial charge on any atom is -0.512 e. The quantitative estimate of drug-likeness (QED) is 0.773. The zero-order chi connectivity index (χ0) is 13.0. The third-order valence-corrected chi connectivity index (χ3v) is 2.80. The molecular formula is C15H18O2. The topological polar surface area (TPSA) is 29.5 Å². The predicted octanol–water partition coefficient (Wildman–Crippen LogP) is 4.47. The minimum absolute atomic E-state index is 0.298. The molecule has 1 rings (SSSR count). The lowest BCUT2D eigenvalue weighted by Gasteiger charge is -2.14. The molecule has 90 valence electrons. The molecule has 1 aromatic rings. The van der Waals surface area contributed by atoms with Crippen LogP contribution in [0.5, 0.6) is 5.75 Å². The van der Waals surface area contributed by atoms with Crippen LogP contribution < -0.4 is 4.74 Å². The van der Waals surface area contributed by atoms with Crippen molar-refractivity contribution < 1.29 is 9.84 Å². The number of hydrogen-bond donors (Lipinski definition) is 1. The van der Waals surface area contributed by atoms with E-state index in [1.807, 2.05) is 26.0 Å². The number of allylic oxidation sites excluding steroid dienone is 2. The Hall–Kier alpha value is -1.96. The van der Waals surface area contributed by atoms with Gasteiger partial charge in [-0.3, -0.25) is 0 Å². The molecule has 0 saturated carbocycles. The molecule has 2 heteroatoms. The second-order valence-electron chi connectivity index (χ2n) is 3.85. The van der Waals surface area contributed by atoms with E-state index in [2.05, 4.69) is 13.2 Å². The molecule has 0 fully saturated rings. The molecule has 2 nitrogen and oxygen atoms in total. The lowest BCUT2D eigenvalue weighted by molar-refractivity contribution is 0.416. The molecule has 0 unspecified atom stereocenters. The molecule has 0 aliphatic heterocycles. The Morgan fingerprint density at radius 3 is 2.41 bits per heavy atom. The van der Waals surface area contributed by atoms with Crippen LogP contribution >= 0.6 is 0 Å². The normalized spacial score (nSPS) is 11.7. The maximum absolute atomic E-state index is 9.62. The summed E-state index contributed by atoms with van der Waals surface area (Å²) in [7, 11) is 0. The van der Waals surface area contributed by atoms with E-state index in [1.165, 1.54) is 6.26 Å². The first-order valence-electron chi connectivity index (χ1n) is 5.43. The van der Waals surface area contributed by atoms with Crippen LogP contribution in [0.15, 0.2) is 37.3 Å². The summed E-state index contributed by atoms with van der Waals surface area (Å²) in [6.45, 7) is 12.8. The molecule has 0 saturated heterocycles. The Kier molecular flexibility index (Phi) is 4.16. The number of ether oxygens (including phenoxy) is 1. The Morgan fingerprint density at radius 1 is 1.29 bits per heavy atom. The molecule has 1 aromatic carbocycles. The Morgan fingerprint density at radius 2 is 1.94 bits per heavy atom. The number of aliphatic hydroxyl groups excluding tert-OH is 1. The van der Waals surface area contributed by atoms with Gasteiger partial charge in [0.05, 0.1) is 12.0 Å². The van der Waals surface area contributed by atoms with Crippen LogP contribution in [0.3, 0.4) is 0 Å². The lowest BCUT2D eigenvalue weighted by Crippen LogP contribution is -1.96. The highest BCUT2D eigenvalue weighted by Crippen LogP contribution is 2.32. The molecule has 0 radical (unpaired) electrons. The van der Waals surface area contributed by atoms with E-state index in [0.717, 1.165) is 28.0 Å². The van der Waals surface area contributed by atoms with Crippen LogP contribution in [-0.2, 0) is 0 Å². The van der Waals surface area contributed by atoms with Crippen molar-refractivity contribution in [2.24, 2.45) is 0 Å². The van der Waals surface area contributed by atoms with Crippen molar-refractivity contribution in [3.63, 3.8) is 0 Å². The van der Waals surface area contributed by atoms with Crippen LogP contribution in [-0.4, -0.2) is 5.11 Å². The first-order valence-corrected chi connectivity index (χ1v) is 5.43. The summed E-state index contributed by atoms with van der Waals surface area (Å²) in [5.41, 5.74) is 3.73. The fourth-order valence-corrected chi connectivity index (χ4v) is 1.78. The predicted molar refractivity (Wildman–Crippen MR) is 73.0 cm³/mol. The summed E-state index contributed by atoms with van der Waals surface area (Å²) >= 11 is 0. The molecule has 0 aromatic heterocycles. The molecule has 1 N–H and O–H groups in total. The van der Waals surface area contributed by atoms with Gasteiger partial charge in [-0.25, -0.2) is 0 Å². The van der Waals surface area contributed by atoms with Crippen molar-refractivity contribution in [1.29, 1.82) is 0 Å². The molecule has 0 heterocycles. The van der Waals surface area contributed by atoms with E-state index in [-0.39, 0.29) is 0 Å². The Balaban J connectivity index is 3.53.